The third-order valence-corrected chi connectivity index (χ3v) is 4.01. The number of nitrogens with one attached hydrogen (secondary N) is 1. The highest BCUT2D eigenvalue weighted by molar-refractivity contribution is 7.99. The average Bonchev–Trinajstić information content (AvgIpc) is 2.48. The summed E-state index contributed by atoms with van der Waals surface area (Å²) in [6.45, 7) is 1.89. The molecule has 6 heteroatoms. The van der Waals surface area contributed by atoms with E-state index in [-0.39, 0.29) is 18.2 Å². The molecule has 1 aromatic carbocycles. The van der Waals surface area contributed by atoms with Crippen molar-refractivity contribution >= 4 is 29.3 Å². The van der Waals surface area contributed by atoms with E-state index in [0.29, 0.717) is 17.8 Å². The molecule has 1 aliphatic heterocycles. The molecule has 1 aromatic rings. The Labute approximate surface area is 122 Å². The zero-order chi connectivity index (χ0) is 14.4. The second-order valence-corrected chi connectivity index (χ2v) is 5.80. The van der Waals surface area contributed by atoms with Gasteiger partial charge in [-0.15, -0.1) is 0 Å². The van der Waals surface area contributed by atoms with E-state index >= 15 is 0 Å². The van der Waals surface area contributed by atoms with Crippen LogP contribution < -0.4 is 11.1 Å². The summed E-state index contributed by atoms with van der Waals surface area (Å²) in [6, 6.07) is 7.06. The van der Waals surface area contributed by atoms with Gasteiger partial charge in [-0.1, -0.05) is 6.07 Å². The number of thioether (sulfide) groups is 1. The third-order valence-electron chi connectivity index (χ3n) is 3.06. The lowest BCUT2D eigenvalue weighted by atomic mass is 10.1. The van der Waals surface area contributed by atoms with Gasteiger partial charge in [-0.05, 0) is 18.2 Å². The van der Waals surface area contributed by atoms with E-state index in [2.05, 4.69) is 5.32 Å². The number of hydrogen-bond acceptors (Lipinski definition) is 4. The molecule has 0 unspecified atom stereocenters. The number of hydrogen-bond donors (Lipinski definition) is 2. The maximum atomic E-state index is 12.3. The molecule has 1 saturated heterocycles. The van der Waals surface area contributed by atoms with E-state index < -0.39 is 0 Å². The lowest BCUT2D eigenvalue weighted by Gasteiger charge is -2.26. The summed E-state index contributed by atoms with van der Waals surface area (Å²) in [7, 11) is 0. The molecular formula is C14H19N3O2S. The predicted molar refractivity (Wildman–Crippen MR) is 82.0 cm³/mol. The van der Waals surface area contributed by atoms with Gasteiger partial charge in [0.1, 0.15) is 0 Å². The first kappa shape index (κ1) is 14.9. The number of rotatable bonds is 4. The Kier molecular flexibility index (Phi) is 5.43. The average molecular weight is 293 g/mol. The highest BCUT2D eigenvalue weighted by Gasteiger charge is 2.18. The fourth-order valence-corrected chi connectivity index (χ4v) is 2.94. The van der Waals surface area contributed by atoms with Crippen molar-refractivity contribution in [1.29, 1.82) is 0 Å². The topological polar surface area (TPSA) is 75.4 Å². The lowest BCUT2D eigenvalue weighted by molar-refractivity contribution is -0.116. The summed E-state index contributed by atoms with van der Waals surface area (Å²) >= 11 is 1.87. The number of anilines is 1. The predicted octanol–water partition coefficient (Wildman–Crippen LogP) is 1.16. The van der Waals surface area contributed by atoms with Crippen LogP contribution in [-0.2, 0) is 4.79 Å². The minimum Gasteiger partial charge on any atom is -0.337 e. The van der Waals surface area contributed by atoms with E-state index in [1.54, 1.807) is 24.3 Å². The first-order valence-electron chi connectivity index (χ1n) is 6.67. The highest BCUT2D eigenvalue weighted by atomic mass is 32.2. The van der Waals surface area contributed by atoms with Crippen LogP contribution in [-0.4, -0.2) is 47.9 Å². The summed E-state index contributed by atoms with van der Waals surface area (Å²) in [5, 5.41) is 2.75. The Morgan fingerprint density at radius 2 is 2.05 bits per heavy atom. The number of amides is 2. The first-order valence-corrected chi connectivity index (χ1v) is 7.83. The standard InChI is InChI=1S/C14H19N3O2S/c15-5-4-13(18)16-12-3-1-2-11(10-12)14(19)17-6-8-20-9-7-17/h1-3,10H,4-9,15H2,(H,16,18). The smallest absolute Gasteiger partial charge is 0.253 e. The van der Waals surface area contributed by atoms with Crippen LogP contribution in [0.5, 0.6) is 0 Å². The van der Waals surface area contributed by atoms with Crippen LogP contribution >= 0.6 is 11.8 Å². The SMILES string of the molecule is NCCC(=O)Nc1cccc(C(=O)N2CCSCC2)c1. The molecular weight excluding hydrogens is 274 g/mol. The van der Waals surface area contributed by atoms with Gasteiger partial charge >= 0.3 is 0 Å². The molecule has 2 rings (SSSR count). The molecule has 1 fully saturated rings. The molecule has 0 aromatic heterocycles. The van der Waals surface area contributed by atoms with Gasteiger partial charge in [0, 0.05) is 48.8 Å². The van der Waals surface area contributed by atoms with E-state index in [4.69, 9.17) is 5.73 Å². The van der Waals surface area contributed by atoms with Gasteiger partial charge < -0.3 is 16.0 Å². The third kappa shape index (κ3) is 3.98. The Hall–Kier alpha value is -1.53. The van der Waals surface area contributed by atoms with Crippen molar-refractivity contribution in [3.8, 4) is 0 Å². The van der Waals surface area contributed by atoms with Crippen molar-refractivity contribution in [2.24, 2.45) is 5.73 Å². The maximum absolute atomic E-state index is 12.3. The molecule has 2 amide bonds. The first-order chi connectivity index (χ1) is 9.70. The van der Waals surface area contributed by atoms with Crippen LogP contribution in [0.1, 0.15) is 16.8 Å². The number of benzene rings is 1. The van der Waals surface area contributed by atoms with Crippen molar-refractivity contribution in [2.45, 2.75) is 6.42 Å². The zero-order valence-electron chi connectivity index (χ0n) is 11.3. The van der Waals surface area contributed by atoms with Gasteiger partial charge in [0.15, 0.2) is 0 Å². The fraction of sp³-hybridized carbons (Fsp3) is 0.429. The number of carbonyl (C=O) groups excluding carboxylic acids is 2. The molecule has 3 N–H and O–H groups in total. The van der Waals surface area contributed by atoms with E-state index in [1.807, 2.05) is 16.7 Å². The summed E-state index contributed by atoms with van der Waals surface area (Å²) in [5.41, 5.74) is 6.59. The van der Waals surface area contributed by atoms with Gasteiger partial charge in [0.05, 0.1) is 0 Å². The van der Waals surface area contributed by atoms with Crippen molar-refractivity contribution in [3.63, 3.8) is 0 Å². The Balaban J connectivity index is 2.04. The number of carbonyl (C=O) groups is 2. The maximum Gasteiger partial charge on any atom is 0.253 e. The summed E-state index contributed by atoms with van der Waals surface area (Å²) < 4.78 is 0. The summed E-state index contributed by atoms with van der Waals surface area (Å²) in [4.78, 5) is 25.7. The molecule has 20 heavy (non-hydrogen) atoms. The molecule has 5 nitrogen and oxygen atoms in total. The molecule has 0 spiro atoms. The van der Waals surface area contributed by atoms with Gasteiger partial charge in [0.25, 0.3) is 5.91 Å². The molecule has 1 heterocycles. The van der Waals surface area contributed by atoms with E-state index in [9.17, 15) is 9.59 Å². The van der Waals surface area contributed by atoms with Crippen molar-refractivity contribution in [3.05, 3.63) is 29.8 Å². The largest absolute Gasteiger partial charge is 0.337 e. The van der Waals surface area contributed by atoms with Crippen LogP contribution in [0.2, 0.25) is 0 Å². The molecule has 0 bridgehead atoms. The monoisotopic (exact) mass is 293 g/mol. The molecule has 1 aliphatic rings. The molecule has 108 valence electrons. The second kappa shape index (κ2) is 7.31. The molecule has 0 saturated carbocycles. The second-order valence-electron chi connectivity index (χ2n) is 4.57. The van der Waals surface area contributed by atoms with Crippen molar-refractivity contribution < 1.29 is 9.59 Å². The minimum atomic E-state index is -0.133. The zero-order valence-corrected chi connectivity index (χ0v) is 12.1. The number of nitrogens with zero attached hydrogens (tertiary/aromatic N) is 1. The molecule has 0 radical (unpaired) electrons. The van der Waals surface area contributed by atoms with Crippen LogP contribution in [0.3, 0.4) is 0 Å². The summed E-state index contributed by atoms with van der Waals surface area (Å²) in [6.07, 6.45) is 0.279. The van der Waals surface area contributed by atoms with Gasteiger partial charge in [0.2, 0.25) is 5.91 Å². The van der Waals surface area contributed by atoms with Gasteiger partial charge in [-0.2, -0.15) is 11.8 Å². The van der Waals surface area contributed by atoms with Gasteiger partial charge in [-0.3, -0.25) is 9.59 Å². The lowest BCUT2D eigenvalue weighted by Crippen LogP contribution is -2.37. The van der Waals surface area contributed by atoms with E-state index in [0.717, 1.165) is 24.6 Å². The van der Waals surface area contributed by atoms with Crippen LogP contribution in [0.4, 0.5) is 5.69 Å². The molecule has 0 atom stereocenters. The van der Waals surface area contributed by atoms with Gasteiger partial charge in [-0.25, -0.2) is 0 Å². The Morgan fingerprint density at radius 1 is 1.30 bits per heavy atom. The highest BCUT2D eigenvalue weighted by Crippen LogP contribution is 2.16. The summed E-state index contributed by atoms with van der Waals surface area (Å²) in [5.74, 6) is 1.86. The van der Waals surface area contributed by atoms with Crippen molar-refractivity contribution in [1.82, 2.24) is 4.90 Å². The van der Waals surface area contributed by atoms with Crippen LogP contribution in [0.15, 0.2) is 24.3 Å². The van der Waals surface area contributed by atoms with Crippen LogP contribution in [0, 0.1) is 0 Å². The quantitative estimate of drug-likeness (QED) is 0.873. The Morgan fingerprint density at radius 3 is 2.75 bits per heavy atom. The fourth-order valence-electron chi connectivity index (χ4n) is 2.03. The van der Waals surface area contributed by atoms with Crippen LogP contribution in [0.25, 0.3) is 0 Å². The minimum absolute atomic E-state index is 0.0280. The number of nitrogens with two attached hydrogens (primary N) is 1. The Bertz CT molecular complexity index is 487. The molecule has 0 aliphatic carbocycles. The van der Waals surface area contributed by atoms with Crippen molar-refractivity contribution in [2.75, 3.05) is 36.5 Å². The normalized spacial score (nSPS) is 14.9. The van der Waals surface area contributed by atoms with E-state index in [1.165, 1.54) is 0 Å².